The molecule has 1 fully saturated rings. The second-order valence-electron chi connectivity index (χ2n) is 6.72. The van der Waals surface area contributed by atoms with Crippen LogP contribution >= 0.6 is 0 Å². The number of carbonyl (C=O) groups excluding carboxylic acids is 2. The van der Waals surface area contributed by atoms with Gasteiger partial charge >= 0.3 is 0 Å². The van der Waals surface area contributed by atoms with E-state index in [0.29, 0.717) is 18.9 Å². The second kappa shape index (κ2) is 9.03. The second-order valence-corrected chi connectivity index (χ2v) is 6.72. The van der Waals surface area contributed by atoms with Crippen LogP contribution in [0.15, 0.2) is 0 Å². The number of nitrogens with one attached hydrogen (secondary N) is 2. The zero-order valence-electron chi connectivity index (χ0n) is 13.7. The highest BCUT2D eigenvalue weighted by atomic mass is 16.2. The van der Waals surface area contributed by atoms with E-state index in [0.717, 1.165) is 32.1 Å². The number of nitrogens with two attached hydrogens (primary N) is 1. The lowest BCUT2D eigenvalue weighted by Gasteiger charge is -2.21. The van der Waals surface area contributed by atoms with Crippen LogP contribution in [-0.2, 0) is 9.59 Å². The highest BCUT2D eigenvalue weighted by Gasteiger charge is 2.24. The van der Waals surface area contributed by atoms with Crippen molar-refractivity contribution in [2.24, 2.45) is 17.6 Å². The Labute approximate surface area is 128 Å². The Kier molecular flexibility index (Phi) is 7.72. The monoisotopic (exact) mass is 297 g/mol. The summed E-state index contributed by atoms with van der Waals surface area (Å²) >= 11 is 0. The Morgan fingerprint density at radius 3 is 2.29 bits per heavy atom. The summed E-state index contributed by atoms with van der Waals surface area (Å²) in [7, 11) is 0. The Morgan fingerprint density at radius 1 is 1.14 bits per heavy atom. The van der Waals surface area contributed by atoms with Gasteiger partial charge < -0.3 is 16.4 Å². The molecule has 4 N–H and O–H groups in total. The van der Waals surface area contributed by atoms with E-state index in [-0.39, 0.29) is 29.8 Å². The molecule has 2 unspecified atom stereocenters. The lowest BCUT2D eigenvalue weighted by molar-refractivity contribution is -0.126. The molecule has 5 heteroatoms. The molecule has 0 saturated heterocycles. The third-order valence-electron chi connectivity index (χ3n) is 4.01. The van der Waals surface area contributed by atoms with Crippen LogP contribution in [0.1, 0.15) is 59.3 Å². The number of amides is 2. The van der Waals surface area contributed by atoms with Crippen molar-refractivity contribution in [3.63, 3.8) is 0 Å². The lowest BCUT2D eigenvalue weighted by Crippen LogP contribution is -2.44. The maximum Gasteiger partial charge on any atom is 0.223 e. The molecule has 0 aromatic rings. The van der Waals surface area contributed by atoms with Gasteiger partial charge in [-0.2, -0.15) is 0 Å². The van der Waals surface area contributed by atoms with Crippen LogP contribution in [-0.4, -0.2) is 30.4 Å². The normalized spacial score (nSPS) is 18.5. The molecular weight excluding hydrogens is 266 g/mol. The summed E-state index contributed by atoms with van der Waals surface area (Å²) < 4.78 is 0. The van der Waals surface area contributed by atoms with Gasteiger partial charge in [-0.05, 0) is 32.1 Å². The number of carbonyl (C=O) groups is 2. The third kappa shape index (κ3) is 6.93. The molecule has 0 heterocycles. The topological polar surface area (TPSA) is 84.2 Å². The summed E-state index contributed by atoms with van der Waals surface area (Å²) in [5.41, 5.74) is 5.68. The fraction of sp³-hybridized carbons (Fsp3) is 0.875. The molecule has 5 nitrogen and oxygen atoms in total. The zero-order chi connectivity index (χ0) is 15.8. The van der Waals surface area contributed by atoms with Crippen LogP contribution in [0.5, 0.6) is 0 Å². The van der Waals surface area contributed by atoms with E-state index >= 15 is 0 Å². The molecule has 122 valence electrons. The van der Waals surface area contributed by atoms with Crippen molar-refractivity contribution in [3.05, 3.63) is 0 Å². The number of hydrogen-bond donors (Lipinski definition) is 3. The number of rotatable bonds is 8. The van der Waals surface area contributed by atoms with E-state index in [1.807, 2.05) is 6.92 Å². The van der Waals surface area contributed by atoms with Gasteiger partial charge in [-0.1, -0.05) is 26.7 Å². The molecule has 1 aliphatic rings. The molecule has 2 amide bonds. The van der Waals surface area contributed by atoms with Crippen LogP contribution in [0.3, 0.4) is 0 Å². The molecule has 2 atom stereocenters. The van der Waals surface area contributed by atoms with E-state index < -0.39 is 0 Å². The van der Waals surface area contributed by atoms with E-state index in [9.17, 15) is 9.59 Å². The number of hydrogen-bond acceptors (Lipinski definition) is 3. The van der Waals surface area contributed by atoms with E-state index in [1.165, 1.54) is 0 Å². The van der Waals surface area contributed by atoms with Crippen molar-refractivity contribution in [3.8, 4) is 0 Å². The van der Waals surface area contributed by atoms with Crippen LogP contribution < -0.4 is 16.4 Å². The quantitative estimate of drug-likeness (QED) is 0.635. The Bertz CT molecular complexity index is 338. The lowest BCUT2D eigenvalue weighted by atomic mass is 10.0. The molecule has 0 radical (unpaired) electrons. The van der Waals surface area contributed by atoms with Crippen LogP contribution in [0.2, 0.25) is 0 Å². The van der Waals surface area contributed by atoms with Crippen molar-refractivity contribution < 1.29 is 9.59 Å². The molecule has 0 aliphatic heterocycles. The summed E-state index contributed by atoms with van der Waals surface area (Å²) in [5, 5.41) is 5.91. The Balaban J connectivity index is 2.30. The Morgan fingerprint density at radius 2 is 1.76 bits per heavy atom. The van der Waals surface area contributed by atoms with E-state index in [4.69, 9.17) is 5.73 Å². The zero-order valence-corrected chi connectivity index (χ0v) is 13.7. The molecule has 0 spiro atoms. The minimum atomic E-state index is -0.129. The van der Waals surface area contributed by atoms with Gasteiger partial charge in [0.1, 0.15) is 0 Å². The smallest absolute Gasteiger partial charge is 0.223 e. The van der Waals surface area contributed by atoms with Gasteiger partial charge in [0, 0.05) is 31.0 Å². The molecule has 1 saturated carbocycles. The highest BCUT2D eigenvalue weighted by Crippen LogP contribution is 2.24. The van der Waals surface area contributed by atoms with Gasteiger partial charge in [-0.3, -0.25) is 9.59 Å². The van der Waals surface area contributed by atoms with Gasteiger partial charge in [0.25, 0.3) is 0 Å². The molecule has 0 aromatic heterocycles. The fourth-order valence-corrected chi connectivity index (χ4v) is 2.95. The first-order valence-corrected chi connectivity index (χ1v) is 8.22. The van der Waals surface area contributed by atoms with Crippen molar-refractivity contribution in [1.29, 1.82) is 0 Å². The maximum atomic E-state index is 12.0. The first-order chi connectivity index (χ1) is 9.92. The molecule has 1 rings (SSSR count). The summed E-state index contributed by atoms with van der Waals surface area (Å²) in [6, 6.07) is -0.106. The SMILES string of the molecule is CC(C)CC(CN)NC(=O)CC(C)NC(=O)C1CCCC1. The Hall–Kier alpha value is -1.10. The van der Waals surface area contributed by atoms with Gasteiger partial charge in [0.2, 0.25) is 11.8 Å². The van der Waals surface area contributed by atoms with Gasteiger partial charge in [-0.25, -0.2) is 0 Å². The van der Waals surface area contributed by atoms with Gasteiger partial charge in [-0.15, -0.1) is 0 Å². The highest BCUT2D eigenvalue weighted by molar-refractivity contribution is 5.81. The molecule has 21 heavy (non-hydrogen) atoms. The van der Waals surface area contributed by atoms with Gasteiger partial charge in [0.05, 0.1) is 0 Å². The average molecular weight is 297 g/mol. The summed E-state index contributed by atoms with van der Waals surface area (Å²) in [6.45, 7) is 6.55. The van der Waals surface area contributed by atoms with Crippen molar-refractivity contribution in [1.82, 2.24) is 10.6 Å². The van der Waals surface area contributed by atoms with Crippen LogP contribution in [0, 0.1) is 11.8 Å². The van der Waals surface area contributed by atoms with Gasteiger partial charge in [0.15, 0.2) is 0 Å². The predicted octanol–water partition coefficient (Wildman–Crippen LogP) is 1.56. The summed E-state index contributed by atoms with van der Waals surface area (Å²) in [6.07, 6.45) is 5.43. The average Bonchev–Trinajstić information content (AvgIpc) is 2.90. The minimum Gasteiger partial charge on any atom is -0.353 e. The third-order valence-corrected chi connectivity index (χ3v) is 4.01. The predicted molar refractivity (Wildman–Crippen MR) is 84.6 cm³/mol. The minimum absolute atomic E-state index is 0.0234. The van der Waals surface area contributed by atoms with Crippen LogP contribution in [0.25, 0.3) is 0 Å². The molecule has 0 aromatic carbocycles. The largest absolute Gasteiger partial charge is 0.353 e. The van der Waals surface area contributed by atoms with E-state index in [2.05, 4.69) is 24.5 Å². The molecule has 1 aliphatic carbocycles. The van der Waals surface area contributed by atoms with E-state index in [1.54, 1.807) is 0 Å². The maximum absolute atomic E-state index is 12.0. The standard InChI is InChI=1S/C16H31N3O2/c1-11(2)8-14(10-17)19-15(20)9-12(3)18-16(21)13-6-4-5-7-13/h11-14H,4-10,17H2,1-3H3,(H,18,21)(H,19,20). The summed E-state index contributed by atoms with van der Waals surface area (Å²) in [5.74, 6) is 0.710. The van der Waals surface area contributed by atoms with Crippen molar-refractivity contribution in [2.75, 3.05) is 6.54 Å². The first-order valence-electron chi connectivity index (χ1n) is 8.22. The first kappa shape index (κ1) is 18.0. The van der Waals surface area contributed by atoms with Crippen molar-refractivity contribution in [2.45, 2.75) is 71.4 Å². The fourth-order valence-electron chi connectivity index (χ4n) is 2.95. The van der Waals surface area contributed by atoms with Crippen molar-refractivity contribution >= 4 is 11.8 Å². The molecular formula is C16H31N3O2. The summed E-state index contributed by atoms with van der Waals surface area (Å²) in [4.78, 5) is 24.0. The molecule has 0 bridgehead atoms. The van der Waals surface area contributed by atoms with Crippen LogP contribution in [0.4, 0.5) is 0 Å².